The van der Waals surface area contributed by atoms with Crippen LogP contribution in [0.25, 0.3) is 0 Å². The molecule has 8 aromatic rings. The fourth-order valence-electron chi connectivity index (χ4n) is 16.3. The van der Waals surface area contributed by atoms with Crippen LogP contribution in [0.3, 0.4) is 0 Å². The molecule has 8 aromatic carbocycles. The number of nitrogens with zero attached hydrogens (tertiary/aromatic N) is 3. The van der Waals surface area contributed by atoms with Gasteiger partial charge in [-0.15, -0.1) is 0 Å². The Labute approximate surface area is 480 Å². The van der Waals surface area contributed by atoms with Crippen molar-refractivity contribution in [1.82, 2.24) is 0 Å². The summed E-state index contributed by atoms with van der Waals surface area (Å²) in [5.74, 6) is 0. The third-order valence-corrected chi connectivity index (χ3v) is 20.9. The SMILES string of the molecule is Cc1cc2c(cc1N1c3cc4c(cc3B3c5ccc(C(C)(C)c6ccccc6)cc5N(c5ccc6c(c5C)C(C)(C)CC6(C)C)c5cc(N(c6ccccc6)c6ccccc6)cc1c53)C(C)(C)CCC4(C)C)C(C)(C)CCC2(C)C. The lowest BCUT2D eigenvalue weighted by Crippen LogP contribution is -2.62. The molecular weight excluding hydrogens is 966 g/mol. The van der Waals surface area contributed by atoms with Gasteiger partial charge in [0.1, 0.15) is 0 Å². The molecule has 0 fully saturated rings. The minimum Gasteiger partial charge on any atom is -0.311 e. The normalized spacial score (nSPS) is 19.0. The highest BCUT2D eigenvalue weighted by molar-refractivity contribution is 7.00. The maximum Gasteiger partial charge on any atom is 0.252 e. The van der Waals surface area contributed by atoms with Gasteiger partial charge >= 0.3 is 0 Å². The Bertz CT molecular complexity index is 3780. The molecule has 0 aromatic heterocycles. The van der Waals surface area contributed by atoms with Gasteiger partial charge in [-0.25, -0.2) is 0 Å². The van der Waals surface area contributed by atoms with E-state index in [1.807, 2.05) is 0 Å². The standard InChI is InChI=1S/C76H84BN3/c1-48-40-56-58(72(7,8)38-36-70(56,3)4)45-63(48)80-65-46-59-57(71(5,6)37-39-73(59,9)10)44-61(65)77-60-34-32-51(76(15,16)50-26-20-17-21-27-50)41-64(60)79(62-35-33-55-68(49(62)2)75(13,14)47-74(55,11)12)66-42-54(43-67(80)69(66)77)78(52-28-22-18-23-29-52)53-30-24-19-25-31-53/h17-35,40-46H,36-39,47H2,1-16H3. The average Bonchev–Trinajstić information content (AvgIpc) is 3.79. The summed E-state index contributed by atoms with van der Waals surface area (Å²) in [5, 5.41) is 0. The van der Waals surface area contributed by atoms with Crippen LogP contribution in [0.5, 0.6) is 0 Å². The van der Waals surface area contributed by atoms with Crippen LogP contribution in [0.1, 0.15) is 185 Å². The first-order valence-corrected chi connectivity index (χ1v) is 30.1. The lowest BCUT2D eigenvalue weighted by Gasteiger charge is -2.49. The zero-order valence-corrected chi connectivity index (χ0v) is 51.0. The summed E-state index contributed by atoms with van der Waals surface area (Å²) in [5.41, 5.74) is 29.3. The maximum atomic E-state index is 2.77. The molecule has 0 amide bonds. The zero-order chi connectivity index (χ0) is 56.4. The molecule has 0 unspecified atom stereocenters. The number of rotatable bonds is 7. The molecule has 3 nitrogen and oxygen atoms in total. The molecule has 2 aliphatic heterocycles. The smallest absolute Gasteiger partial charge is 0.252 e. The van der Waals surface area contributed by atoms with Gasteiger partial charge in [-0.1, -0.05) is 194 Å². The van der Waals surface area contributed by atoms with Crippen LogP contribution in [-0.2, 0) is 37.9 Å². The van der Waals surface area contributed by atoms with Crippen LogP contribution in [0.2, 0.25) is 0 Å². The summed E-state index contributed by atoms with van der Waals surface area (Å²) in [4.78, 5) is 8.02. The molecule has 3 aliphatic carbocycles. The van der Waals surface area contributed by atoms with Crippen LogP contribution in [-0.4, -0.2) is 6.71 Å². The van der Waals surface area contributed by atoms with Crippen LogP contribution in [0, 0.1) is 13.8 Å². The van der Waals surface area contributed by atoms with E-state index < -0.39 is 0 Å². The molecule has 5 aliphatic rings. The highest BCUT2D eigenvalue weighted by Crippen LogP contribution is 2.57. The van der Waals surface area contributed by atoms with Gasteiger partial charge in [-0.05, 0) is 211 Å². The van der Waals surface area contributed by atoms with Gasteiger partial charge in [0.25, 0.3) is 6.71 Å². The molecule has 0 N–H and O–H groups in total. The van der Waals surface area contributed by atoms with Crippen LogP contribution >= 0.6 is 0 Å². The van der Waals surface area contributed by atoms with Crippen molar-refractivity contribution in [2.45, 2.75) is 181 Å². The molecule has 0 bridgehead atoms. The molecule has 0 spiro atoms. The lowest BCUT2D eigenvalue weighted by atomic mass is 9.33. The lowest BCUT2D eigenvalue weighted by molar-refractivity contribution is 0.331. The van der Waals surface area contributed by atoms with Gasteiger partial charge in [0.2, 0.25) is 0 Å². The second-order valence-corrected chi connectivity index (χ2v) is 29.5. The first-order chi connectivity index (χ1) is 37.7. The maximum absolute atomic E-state index is 2.77. The van der Waals surface area contributed by atoms with E-state index >= 15 is 0 Å². The molecule has 0 saturated carbocycles. The number of aryl methyl sites for hydroxylation is 1. The van der Waals surface area contributed by atoms with Gasteiger partial charge in [-0.2, -0.15) is 0 Å². The monoisotopic (exact) mass is 1050 g/mol. The van der Waals surface area contributed by atoms with E-state index in [4.69, 9.17) is 0 Å². The highest BCUT2D eigenvalue weighted by Gasteiger charge is 2.50. The number of hydrogen-bond donors (Lipinski definition) is 0. The second kappa shape index (κ2) is 17.6. The minimum absolute atomic E-state index is 0.000198. The largest absolute Gasteiger partial charge is 0.311 e. The number of anilines is 9. The van der Waals surface area contributed by atoms with Crippen molar-refractivity contribution in [3.05, 3.63) is 213 Å². The molecule has 0 saturated heterocycles. The Hall–Kier alpha value is -6.78. The quantitative estimate of drug-likeness (QED) is 0.147. The molecule has 80 heavy (non-hydrogen) atoms. The predicted molar refractivity (Wildman–Crippen MR) is 344 cm³/mol. The van der Waals surface area contributed by atoms with Gasteiger partial charge in [0.05, 0.1) is 5.69 Å². The van der Waals surface area contributed by atoms with E-state index in [-0.39, 0.29) is 44.6 Å². The molecule has 406 valence electrons. The highest BCUT2D eigenvalue weighted by atomic mass is 15.2. The van der Waals surface area contributed by atoms with E-state index in [2.05, 4.69) is 283 Å². The number of para-hydroxylation sites is 2. The third-order valence-electron chi connectivity index (χ3n) is 20.9. The summed E-state index contributed by atoms with van der Waals surface area (Å²) in [6, 6.07) is 61.7. The van der Waals surface area contributed by atoms with Gasteiger partial charge < -0.3 is 14.7 Å². The molecular formula is C76H84BN3. The minimum atomic E-state index is -0.270. The molecule has 0 atom stereocenters. The van der Waals surface area contributed by atoms with E-state index in [1.165, 1.54) is 113 Å². The van der Waals surface area contributed by atoms with Crippen molar-refractivity contribution < 1.29 is 0 Å². The summed E-state index contributed by atoms with van der Waals surface area (Å²) < 4.78 is 0. The van der Waals surface area contributed by atoms with Crippen molar-refractivity contribution in [2.75, 3.05) is 14.7 Å². The fourth-order valence-corrected chi connectivity index (χ4v) is 16.3. The number of hydrogen-bond acceptors (Lipinski definition) is 3. The predicted octanol–water partition coefficient (Wildman–Crippen LogP) is 18.8. The van der Waals surface area contributed by atoms with E-state index in [1.54, 1.807) is 0 Å². The third kappa shape index (κ3) is 7.87. The van der Waals surface area contributed by atoms with Crippen molar-refractivity contribution in [1.29, 1.82) is 0 Å². The van der Waals surface area contributed by atoms with Crippen molar-refractivity contribution in [3.8, 4) is 0 Å². The van der Waals surface area contributed by atoms with E-state index in [0.29, 0.717) is 0 Å². The van der Waals surface area contributed by atoms with Crippen molar-refractivity contribution in [2.24, 2.45) is 0 Å². The van der Waals surface area contributed by atoms with E-state index in [9.17, 15) is 0 Å². The fraction of sp³-hybridized carbons (Fsp3) is 0.368. The van der Waals surface area contributed by atoms with Gasteiger partial charge in [0, 0.05) is 50.9 Å². The van der Waals surface area contributed by atoms with Crippen LogP contribution < -0.4 is 31.1 Å². The Morgan fingerprint density at radius 2 is 0.863 bits per heavy atom. The molecule has 13 rings (SSSR count). The summed E-state index contributed by atoms with van der Waals surface area (Å²) in [6.07, 6.45) is 5.75. The summed E-state index contributed by atoms with van der Waals surface area (Å²) in [6.45, 7) is 39.4. The van der Waals surface area contributed by atoms with Crippen molar-refractivity contribution >= 4 is 74.3 Å². The second-order valence-electron chi connectivity index (χ2n) is 29.5. The summed E-state index contributed by atoms with van der Waals surface area (Å²) in [7, 11) is 0. The molecule has 0 radical (unpaired) electrons. The number of benzene rings is 8. The van der Waals surface area contributed by atoms with Gasteiger partial charge in [-0.3, -0.25) is 0 Å². The summed E-state index contributed by atoms with van der Waals surface area (Å²) >= 11 is 0. The Kier molecular flexibility index (Phi) is 11.6. The van der Waals surface area contributed by atoms with Crippen LogP contribution in [0.15, 0.2) is 158 Å². The van der Waals surface area contributed by atoms with Gasteiger partial charge in [0.15, 0.2) is 0 Å². The average molecular weight is 1050 g/mol. The van der Waals surface area contributed by atoms with Crippen molar-refractivity contribution in [3.63, 3.8) is 0 Å². The Morgan fingerprint density at radius 1 is 0.388 bits per heavy atom. The topological polar surface area (TPSA) is 9.72 Å². The first kappa shape index (κ1) is 52.6. The Balaban J connectivity index is 1.21. The zero-order valence-electron chi connectivity index (χ0n) is 51.0. The molecule has 4 heteroatoms. The van der Waals surface area contributed by atoms with Crippen LogP contribution in [0.4, 0.5) is 51.2 Å². The molecule has 2 heterocycles. The number of fused-ring (bicyclic) bond motifs is 7. The first-order valence-electron chi connectivity index (χ1n) is 30.1. The Morgan fingerprint density at radius 3 is 1.41 bits per heavy atom. The van der Waals surface area contributed by atoms with E-state index in [0.717, 1.165) is 42.7 Å².